The van der Waals surface area contributed by atoms with Gasteiger partial charge in [0.2, 0.25) is 0 Å². The topological polar surface area (TPSA) is 129 Å². The SMILES string of the molecule is CCCc1cn([C@H]2C[C@H](OC(C)=O)[C@@H](COC(C)=O)O2)c(=O)nc1NO. The summed E-state index contributed by atoms with van der Waals surface area (Å²) in [5, 5.41) is 9.13. The van der Waals surface area contributed by atoms with Crippen LogP contribution < -0.4 is 11.2 Å². The molecule has 0 saturated carbocycles. The minimum atomic E-state index is -0.733. The molecule has 0 aromatic carbocycles. The maximum atomic E-state index is 12.3. The van der Waals surface area contributed by atoms with E-state index in [4.69, 9.17) is 19.4 Å². The third-order valence-electron chi connectivity index (χ3n) is 3.91. The van der Waals surface area contributed by atoms with Crippen LogP contribution in [0.1, 0.15) is 45.4 Å². The Morgan fingerprint density at radius 3 is 2.73 bits per heavy atom. The van der Waals surface area contributed by atoms with Gasteiger partial charge in [0.1, 0.15) is 25.0 Å². The van der Waals surface area contributed by atoms with Gasteiger partial charge in [-0.25, -0.2) is 4.79 Å². The van der Waals surface area contributed by atoms with Crippen LogP contribution in [0.3, 0.4) is 0 Å². The molecule has 2 N–H and O–H groups in total. The van der Waals surface area contributed by atoms with Gasteiger partial charge in [0.15, 0.2) is 5.82 Å². The fourth-order valence-corrected chi connectivity index (χ4v) is 2.82. The Labute approximate surface area is 150 Å². The average molecular weight is 369 g/mol. The van der Waals surface area contributed by atoms with Gasteiger partial charge in [0, 0.05) is 32.0 Å². The molecule has 0 unspecified atom stereocenters. The normalized spacial score (nSPS) is 22.1. The van der Waals surface area contributed by atoms with E-state index < -0.39 is 36.1 Å². The lowest BCUT2D eigenvalue weighted by atomic mass is 10.1. The highest BCUT2D eigenvalue weighted by atomic mass is 16.6. The Morgan fingerprint density at radius 1 is 1.42 bits per heavy atom. The second-order valence-corrected chi connectivity index (χ2v) is 5.98. The van der Waals surface area contributed by atoms with Crippen LogP contribution in [-0.4, -0.2) is 45.5 Å². The standard InChI is InChI=1S/C16H23N3O7/c1-4-5-11-7-19(16(22)17-15(11)18-23)14-6-12(25-10(3)21)13(26-14)8-24-9(2)20/h7,12-14,23H,4-6,8H2,1-3H3,(H,17,18,22)/t12-,13+,14+/m0/s1. The highest BCUT2D eigenvalue weighted by Crippen LogP contribution is 2.31. The zero-order valence-corrected chi connectivity index (χ0v) is 14.9. The third-order valence-corrected chi connectivity index (χ3v) is 3.91. The van der Waals surface area contributed by atoms with Crippen molar-refractivity contribution in [1.82, 2.24) is 9.55 Å². The van der Waals surface area contributed by atoms with Crippen LogP contribution in [0.15, 0.2) is 11.0 Å². The Kier molecular flexibility index (Phi) is 6.70. The molecule has 1 aromatic rings. The summed E-state index contributed by atoms with van der Waals surface area (Å²) in [6.07, 6.45) is 1.06. The molecule has 10 heteroatoms. The average Bonchev–Trinajstić information content (AvgIpc) is 2.96. The van der Waals surface area contributed by atoms with Gasteiger partial charge in [-0.15, -0.1) is 0 Å². The molecule has 0 aliphatic carbocycles. The lowest BCUT2D eigenvalue weighted by molar-refractivity contribution is -0.155. The lowest BCUT2D eigenvalue weighted by Crippen LogP contribution is -2.31. The zero-order chi connectivity index (χ0) is 19.3. The number of rotatable bonds is 7. The first-order valence-electron chi connectivity index (χ1n) is 8.33. The molecule has 0 radical (unpaired) electrons. The van der Waals surface area contributed by atoms with Crippen LogP contribution in [0.25, 0.3) is 0 Å². The first kappa shape index (κ1) is 19.9. The van der Waals surface area contributed by atoms with Crippen LogP contribution in [0.2, 0.25) is 0 Å². The van der Waals surface area contributed by atoms with Crippen molar-refractivity contribution in [3.05, 3.63) is 22.2 Å². The summed E-state index contributed by atoms with van der Waals surface area (Å²) in [6, 6.07) is 0. The van der Waals surface area contributed by atoms with Gasteiger partial charge in [0.05, 0.1) is 0 Å². The number of nitrogens with one attached hydrogen (secondary N) is 1. The summed E-state index contributed by atoms with van der Waals surface area (Å²) in [5.74, 6) is -0.885. The van der Waals surface area contributed by atoms with Crippen molar-refractivity contribution in [3.8, 4) is 0 Å². The summed E-state index contributed by atoms with van der Waals surface area (Å²) in [4.78, 5) is 38.4. The predicted octanol–water partition coefficient (Wildman–Crippen LogP) is 0.779. The fourth-order valence-electron chi connectivity index (χ4n) is 2.82. The Hall–Kier alpha value is -2.46. The highest BCUT2D eigenvalue weighted by molar-refractivity contribution is 5.66. The minimum absolute atomic E-state index is 0.0932. The smallest absolute Gasteiger partial charge is 0.351 e. The Balaban J connectivity index is 2.27. The summed E-state index contributed by atoms with van der Waals surface area (Å²) in [6.45, 7) is 4.39. The number of hydrogen-bond donors (Lipinski definition) is 2. The molecule has 2 rings (SSSR count). The van der Waals surface area contributed by atoms with Gasteiger partial charge < -0.3 is 14.2 Å². The summed E-state index contributed by atoms with van der Waals surface area (Å²) in [7, 11) is 0. The third kappa shape index (κ3) is 4.79. The maximum absolute atomic E-state index is 12.3. The minimum Gasteiger partial charge on any atom is -0.463 e. The van der Waals surface area contributed by atoms with Gasteiger partial charge in [-0.1, -0.05) is 13.3 Å². The van der Waals surface area contributed by atoms with Gasteiger partial charge in [-0.3, -0.25) is 24.8 Å². The molecule has 26 heavy (non-hydrogen) atoms. The maximum Gasteiger partial charge on any atom is 0.351 e. The number of aryl methyl sites for hydroxylation is 1. The van der Waals surface area contributed by atoms with E-state index in [0.717, 1.165) is 6.42 Å². The summed E-state index contributed by atoms with van der Waals surface area (Å²) in [5.41, 5.74) is 1.94. The van der Waals surface area contributed by atoms with Crippen molar-refractivity contribution in [1.29, 1.82) is 0 Å². The molecule has 3 atom stereocenters. The van der Waals surface area contributed by atoms with Crippen molar-refractivity contribution in [3.63, 3.8) is 0 Å². The van der Waals surface area contributed by atoms with Crippen molar-refractivity contribution in [2.75, 3.05) is 12.1 Å². The van der Waals surface area contributed by atoms with E-state index >= 15 is 0 Å². The van der Waals surface area contributed by atoms with E-state index in [2.05, 4.69) is 4.98 Å². The number of anilines is 1. The lowest BCUT2D eigenvalue weighted by Gasteiger charge is -2.18. The monoisotopic (exact) mass is 369 g/mol. The van der Waals surface area contributed by atoms with Gasteiger partial charge in [-0.05, 0) is 6.42 Å². The van der Waals surface area contributed by atoms with E-state index in [1.807, 2.05) is 12.4 Å². The van der Waals surface area contributed by atoms with E-state index in [1.165, 1.54) is 18.4 Å². The van der Waals surface area contributed by atoms with Crippen LogP contribution in [0.5, 0.6) is 0 Å². The molecule has 10 nitrogen and oxygen atoms in total. The van der Waals surface area contributed by atoms with Gasteiger partial charge in [-0.2, -0.15) is 4.98 Å². The van der Waals surface area contributed by atoms with Gasteiger partial charge in [0.25, 0.3) is 0 Å². The van der Waals surface area contributed by atoms with Gasteiger partial charge >= 0.3 is 17.6 Å². The molecule has 1 aromatic heterocycles. The van der Waals surface area contributed by atoms with E-state index in [1.54, 1.807) is 6.20 Å². The summed E-state index contributed by atoms with van der Waals surface area (Å²) < 4.78 is 17.2. The molecule has 1 aliphatic rings. The first-order valence-corrected chi connectivity index (χ1v) is 8.33. The Morgan fingerprint density at radius 2 is 2.15 bits per heavy atom. The quantitative estimate of drug-likeness (QED) is 0.529. The van der Waals surface area contributed by atoms with Crippen molar-refractivity contribution in [2.45, 2.75) is 58.5 Å². The molecule has 1 fully saturated rings. The number of ether oxygens (including phenoxy) is 3. The molecule has 1 saturated heterocycles. The molecule has 2 heterocycles. The number of nitrogens with zero attached hydrogens (tertiary/aromatic N) is 2. The molecule has 0 bridgehead atoms. The van der Waals surface area contributed by atoms with Crippen molar-refractivity contribution in [2.24, 2.45) is 0 Å². The molecule has 0 spiro atoms. The second kappa shape index (κ2) is 8.77. The van der Waals surface area contributed by atoms with Crippen LogP contribution in [0, 0.1) is 0 Å². The largest absolute Gasteiger partial charge is 0.463 e. The fraction of sp³-hybridized carbons (Fsp3) is 0.625. The number of esters is 2. The number of aromatic nitrogens is 2. The number of hydrogen-bond acceptors (Lipinski definition) is 9. The summed E-state index contributed by atoms with van der Waals surface area (Å²) >= 11 is 0. The first-order chi connectivity index (χ1) is 12.3. The zero-order valence-electron chi connectivity index (χ0n) is 14.9. The number of carbonyl (C=O) groups excluding carboxylic acids is 2. The number of carbonyl (C=O) groups is 2. The molecule has 0 amide bonds. The van der Waals surface area contributed by atoms with Crippen molar-refractivity contribution >= 4 is 17.8 Å². The van der Waals surface area contributed by atoms with Crippen molar-refractivity contribution < 1.29 is 29.0 Å². The van der Waals surface area contributed by atoms with E-state index in [9.17, 15) is 14.4 Å². The molecular formula is C16H23N3O7. The molecular weight excluding hydrogens is 346 g/mol. The highest BCUT2D eigenvalue weighted by Gasteiger charge is 2.39. The van der Waals surface area contributed by atoms with Crippen LogP contribution >= 0.6 is 0 Å². The Bertz CT molecular complexity index is 718. The van der Waals surface area contributed by atoms with Crippen LogP contribution in [0.4, 0.5) is 5.82 Å². The van der Waals surface area contributed by atoms with Crippen LogP contribution in [-0.2, 0) is 30.2 Å². The van der Waals surface area contributed by atoms with E-state index in [-0.39, 0.29) is 18.8 Å². The van der Waals surface area contributed by atoms with E-state index in [0.29, 0.717) is 12.0 Å². The second-order valence-electron chi connectivity index (χ2n) is 5.98. The molecule has 1 aliphatic heterocycles. The molecule has 144 valence electrons. The predicted molar refractivity (Wildman–Crippen MR) is 88.6 cm³/mol.